The van der Waals surface area contributed by atoms with Crippen molar-refractivity contribution >= 4 is 17.0 Å². The number of nitro benzene ring substituents is 1. The second-order valence-electron chi connectivity index (χ2n) is 5.16. The van der Waals surface area contributed by atoms with Crippen LogP contribution in [0.1, 0.15) is 39.7 Å². The van der Waals surface area contributed by atoms with Gasteiger partial charge in [0.25, 0.3) is 5.69 Å². The fraction of sp³-hybridized carbons (Fsp3) is 0.400. The molecule has 1 aromatic heterocycles. The summed E-state index contributed by atoms with van der Waals surface area (Å²) in [7, 11) is 0. The second-order valence-corrected chi connectivity index (χ2v) is 6.40. The van der Waals surface area contributed by atoms with E-state index in [1.165, 1.54) is 4.88 Å². The first-order valence-electron chi connectivity index (χ1n) is 6.79. The third-order valence-electron chi connectivity index (χ3n) is 3.42. The molecule has 112 valence electrons. The van der Waals surface area contributed by atoms with Crippen molar-refractivity contribution in [3.05, 3.63) is 55.0 Å². The molecule has 1 aromatic carbocycles. The third kappa shape index (κ3) is 3.65. The number of thiazole rings is 1. The Balaban J connectivity index is 2.08. The lowest BCUT2D eigenvalue weighted by atomic mass is 10.1. The van der Waals surface area contributed by atoms with Gasteiger partial charge in [-0.1, -0.05) is 12.1 Å². The highest BCUT2D eigenvalue weighted by molar-refractivity contribution is 7.11. The van der Waals surface area contributed by atoms with Gasteiger partial charge in [-0.05, 0) is 33.3 Å². The number of benzene rings is 1. The second kappa shape index (κ2) is 6.32. The van der Waals surface area contributed by atoms with Gasteiger partial charge in [0.15, 0.2) is 0 Å². The Hall–Kier alpha value is -1.79. The predicted molar refractivity (Wildman–Crippen MR) is 84.7 cm³/mol. The van der Waals surface area contributed by atoms with Gasteiger partial charge in [0.1, 0.15) is 0 Å². The number of hydrogen-bond acceptors (Lipinski definition) is 5. The fourth-order valence-electron chi connectivity index (χ4n) is 2.27. The van der Waals surface area contributed by atoms with E-state index >= 15 is 0 Å². The summed E-state index contributed by atoms with van der Waals surface area (Å²) in [6, 6.07) is 5.53. The van der Waals surface area contributed by atoms with Crippen molar-refractivity contribution in [3.8, 4) is 0 Å². The van der Waals surface area contributed by atoms with E-state index in [1.807, 2.05) is 19.9 Å². The molecule has 0 amide bonds. The average Bonchev–Trinajstić information content (AvgIpc) is 2.76. The van der Waals surface area contributed by atoms with Crippen LogP contribution < -0.4 is 5.32 Å². The number of hydrogen-bond donors (Lipinski definition) is 1. The zero-order valence-corrected chi connectivity index (χ0v) is 13.5. The fourth-order valence-corrected chi connectivity index (χ4v) is 3.23. The van der Waals surface area contributed by atoms with Crippen LogP contribution in [0.3, 0.4) is 0 Å². The molecular formula is C15H19N3O2S. The lowest BCUT2D eigenvalue weighted by Crippen LogP contribution is -2.18. The number of nitro groups is 1. The molecule has 2 rings (SSSR count). The largest absolute Gasteiger partial charge is 0.305 e. The van der Waals surface area contributed by atoms with Crippen LogP contribution in [-0.2, 0) is 6.54 Å². The van der Waals surface area contributed by atoms with Crippen LogP contribution in [0, 0.1) is 30.9 Å². The molecule has 6 heteroatoms. The molecule has 0 fully saturated rings. The van der Waals surface area contributed by atoms with Gasteiger partial charge in [0.2, 0.25) is 0 Å². The quantitative estimate of drug-likeness (QED) is 0.673. The van der Waals surface area contributed by atoms with Crippen molar-refractivity contribution in [1.29, 1.82) is 0 Å². The van der Waals surface area contributed by atoms with Gasteiger partial charge in [-0.2, -0.15) is 0 Å². The average molecular weight is 305 g/mol. The summed E-state index contributed by atoms with van der Waals surface area (Å²) in [5.41, 5.74) is 2.82. The first-order valence-corrected chi connectivity index (χ1v) is 7.61. The smallest absolute Gasteiger partial charge is 0.272 e. The van der Waals surface area contributed by atoms with Crippen molar-refractivity contribution in [3.63, 3.8) is 0 Å². The number of nitrogens with zero attached hydrogens (tertiary/aromatic N) is 2. The minimum Gasteiger partial charge on any atom is -0.305 e. The Morgan fingerprint density at radius 2 is 2.10 bits per heavy atom. The molecule has 5 nitrogen and oxygen atoms in total. The van der Waals surface area contributed by atoms with Crippen molar-refractivity contribution < 1.29 is 4.92 Å². The standard InChI is InChI=1S/C15H19N3O2S/c1-9-5-6-13(7-14(9)18(19)20)8-16-10(2)15-11(3)17-12(4)21-15/h5-7,10,16H,8H2,1-4H3. The summed E-state index contributed by atoms with van der Waals surface area (Å²) in [5.74, 6) is 0. The molecule has 0 aliphatic heterocycles. The van der Waals surface area contributed by atoms with Gasteiger partial charge in [-0.25, -0.2) is 4.98 Å². The van der Waals surface area contributed by atoms with Gasteiger partial charge < -0.3 is 5.32 Å². The van der Waals surface area contributed by atoms with Crippen LogP contribution in [-0.4, -0.2) is 9.91 Å². The van der Waals surface area contributed by atoms with Gasteiger partial charge >= 0.3 is 0 Å². The Morgan fingerprint density at radius 1 is 1.38 bits per heavy atom. The molecule has 0 spiro atoms. The normalized spacial score (nSPS) is 12.4. The van der Waals surface area contributed by atoms with E-state index in [9.17, 15) is 10.1 Å². The molecular weight excluding hydrogens is 286 g/mol. The number of aryl methyl sites for hydroxylation is 3. The van der Waals surface area contributed by atoms with Gasteiger partial charge in [0.05, 0.1) is 15.6 Å². The lowest BCUT2D eigenvalue weighted by Gasteiger charge is -2.13. The molecule has 2 aromatic rings. The third-order valence-corrected chi connectivity index (χ3v) is 4.67. The summed E-state index contributed by atoms with van der Waals surface area (Å²) in [4.78, 5) is 16.3. The summed E-state index contributed by atoms with van der Waals surface area (Å²) in [5, 5.41) is 15.4. The number of aromatic nitrogens is 1. The molecule has 0 aliphatic carbocycles. The first kappa shape index (κ1) is 15.6. The van der Waals surface area contributed by atoms with E-state index in [1.54, 1.807) is 30.4 Å². The molecule has 0 aliphatic rings. The van der Waals surface area contributed by atoms with Crippen LogP contribution in [0.5, 0.6) is 0 Å². The summed E-state index contributed by atoms with van der Waals surface area (Å²) in [6.07, 6.45) is 0. The van der Waals surface area contributed by atoms with Crippen molar-refractivity contribution in [2.75, 3.05) is 0 Å². The van der Waals surface area contributed by atoms with Crippen LogP contribution in [0.4, 0.5) is 5.69 Å². The first-order chi connectivity index (χ1) is 9.88. The molecule has 0 radical (unpaired) electrons. The Bertz CT molecular complexity index is 667. The highest BCUT2D eigenvalue weighted by atomic mass is 32.1. The lowest BCUT2D eigenvalue weighted by molar-refractivity contribution is -0.385. The summed E-state index contributed by atoms with van der Waals surface area (Å²) >= 11 is 1.69. The molecule has 0 bridgehead atoms. The Kier molecular flexibility index (Phi) is 4.69. The Morgan fingerprint density at radius 3 is 2.67 bits per heavy atom. The predicted octanol–water partition coefficient (Wildman–Crippen LogP) is 3.83. The van der Waals surface area contributed by atoms with E-state index in [2.05, 4.69) is 17.2 Å². The molecule has 0 saturated heterocycles. The maximum Gasteiger partial charge on any atom is 0.272 e. The molecule has 0 saturated carbocycles. The molecule has 1 atom stereocenters. The van der Waals surface area contributed by atoms with Crippen LogP contribution in [0.2, 0.25) is 0 Å². The maximum atomic E-state index is 11.0. The van der Waals surface area contributed by atoms with E-state index in [0.717, 1.165) is 16.3 Å². The number of rotatable bonds is 5. The molecule has 1 heterocycles. The number of nitrogens with one attached hydrogen (secondary N) is 1. The molecule has 1 unspecified atom stereocenters. The zero-order valence-electron chi connectivity index (χ0n) is 12.6. The zero-order chi connectivity index (χ0) is 15.6. The molecule has 1 N–H and O–H groups in total. The monoisotopic (exact) mass is 305 g/mol. The summed E-state index contributed by atoms with van der Waals surface area (Å²) < 4.78 is 0. The minimum atomic E-state index is -0.334. The van der Waals surface area contributed by atoms with Crippen LogP contribution in [0.25, 0.3) is 0 Å². The van der Waals surface area contributed by atoms with E-state index < -0.39 is 0 Å². The summed E-state index contributed by atoms with van der Waals surface area (Å²) in [6.45, 7) is 8.44. The van der Waals surface area contributed by atoms with E-state index in [-0.39, 0.29) is 16.7 Å². The highest BCUT2D eigenvalue weighted by Gasteiger charge is 2.14. The van der Waals surface area contributed by atoms with Crippen molar-refractivity contribution in [2.24, 2.45) is 0 Å². The van der Waals surface area contributed by atoms with Crippen LogP contribution >= 0.6 is 11.3 Å². The van der Waals surface area contributed by atoms with Gasteiger partial charge in [0, 0.05) is 29.1 Å². The topological polar surface area (TPSA) is 68.1 Å². The van der Waals surface area contributed by atoms with Crippen LogP contribution in [0.15, 0.2) is 18.2 Å². The maximum absolute atomic E-state index is 11.0. The SMILES string of the molecule is Cc1nc(C)c(C(C)NCc2ccc(C)c([N+](=O)[O-])c2)s1. The Labute approximate surface area is 128 Å². The van der Waals surface area contributed by atoms with Gasteiger partial charge in [-0.3, -0.25) is 10.1 Å². The molecule has 21 heavy (non-hydrogen) atoms. The highest BCUT2D eigenvalue weighted by Crippen LogP contribution is 2.25. The van der Waals surface area contributed by atoms with E-state index in [0.29, 0.717) is 12.1 Å². The van der Waals surface area contributed by atoms with Crippen molar-refractivity contribution in [1.82, 2.24) is 10.3 Å². The van der Waals surface area contributed by atoms with E-state index in [4.69, 9.17) is 0 Å². The van der Waals surface area contributed by atoms with Crippen molar-refractivity contribution in [2.45, 2.75) is 40.3 Å². The van der Waals surface area contributed by atoms with Gasteiger partial charge in [-0.15, -0.1) is 11.3 Å². The minimum absolute atomic E-state index is 0.173.